The fourth-order valence-corrected chi connectivity index (χ4v) is 3.58. The zero-order chi connectivity index (χ0) is 13.3. The second-order valence-corrected chi connectivity index (χ2v) is 6.25. The normalized spacial score (nSPS) is 14.3. The van der Waals surface area contributed by atoms with Gasteiger partial charge in [-0.25, -0.2) is 0 Å². The Hall–Kier alpha value is 0.440. The number of nitrogens with zero attached hydrogens (tertiary/aromatic N) is 1. The summed E-state index contributed by atoms with van der Waals surface area (Å²) in [6, 6.07) is 0.715. The molecule has 0 aliphatic rings. The third-order valence-electron chi connectivity index (χ3n) is 3.89. The van der Waals surface area contributed by atoms with Crippen LogP contribution in [0.1, 0.15) is 66.2 Å². The van der Waals surface area contributed by atoms with Crippen molar-refractivity contribution >= 4 is 15.9 Å². The summed E-state index contributed by atoms with van der Waals surface area (Å²) in [5.41, 5.74) is 0.486. The second kappa shape index (κ2) is 9.38. The topological polar surface area (TPSA) is 3.24 Å². The van der Waals surface area contributed by atoms with Crippen molar-refractivity contribution < 1.29 is 0 Å². The lowest BCUT2D eigenvalue weighted by atomic mass is 9.80. The molecule has 0 N–H and O–H groups in total. The summed E-state index contributed by atoms with van der Waals surface area (Å²) in [6.45, 7) is 10.5. The highest BCUT2D eigenvalue weighted by Crippen LogP contribution is 2.33. The van der Waals surface area contributed by atoms with Gasteiger partial charge in [0.2, 0.25) is 0 Å². The Kier molecular flexibility index (Phi) is 9.62. The first-order valence-electron chi connectivity index (χ1n) is 7.31. The fourth-order valence-electron chi connectivity index (χ4n) is 2.84. The molecule has 0 bridgehead atoms. The zero-order valence-corrected chi connectivity index (χ0v) is 14.1. The van der Waals surface area contributed by atoms with Gasteiger partial charge in [0.05, 0.1) is 0 Å². The van der Waals surface area contributed by atoms with E-state index in [1.165, 1.54) is 45.1 Å². The maximum atomic E-state index is 3.77. The van der Waals surface area contributed by atoms with Crippen molar-refractivity contribution in [3.63, 3.8) is 0 Å². The van der Waals surface area contributed by atoms with Crippen LogP contribution in [0.5, 0.6) is 0 Å². The molecule has 104 valence electrons. The minimum Gasteiger partial charge on any atom is -0.303 e. The minimum atomic E-state index is 0.486. The molecular formula is C15H32BrN. The van der Waals surface area contributed by atoms with Crippen molar-refractivity contribution in [1.29, 1.82) is 0 Å². The van der Waals surface area contributed by atoms with Gasteiger partial charge in [0.15, 0.2) is 0 Å². The van der Waals surface area contributed by atoms with Crippen LogP contribution in [0.4, 0.5) is 0 Å². The van der Waals surface area contributed by atoms with Crippen molar-refractivity contribution in [2.75, 3.05) is 18.9 Å². The number of rotatable bonds is 10. The van der Waals surface area contributed by atoms with E-state index in [1.807, 2.05) is 0 Å². The minimum absolute atomic E-state index is 0.486. The average molecular weight is 306 g/mol. The van der Waals surface area contributed by atoms with Gasteiger partial charge >= 0.3 is 0 Å². The molecule has 0 aromatic rings. The largest absolute Gasteiger partial charge is 0.303 e. The number of halogens is 1. The molecule has 1 atom stereocenters. The van der Waals surface area contributed by atoms with Crippen molar-refractivity contribution in [3.8, 4) is 0 Å². The zero-order valence-electron chi connectivity index (χ0n) is 12.6. The van der Waals surface area contributed by atoms with E-state index in [9.17, 15) is 0 Å². The van der Waals surface area contributed by atoms with Gasteiger partial charge in [0, 0.05) is 17.9 Å². The third kappa shape index (κ3) is 6.24. The lowest BCUT2D eigenvalue weighted by molar-refractivity contribution is 0.135. The summed E-state index contributed by atoms with van der Waals surface area (Å²) in [4.78, 5) is 2.57. The molecule has 0 rings (SSSR count). The van der Waals surface area contributed by atoms with E-state index < -0.39 is 0 Å². The van der Waals surface area contributed by atoms with Crippen LogP contribution >= 0.6 is 15.9 Å². The smallest absolute Gasteiger partial charge is 0.0100 e. The molecule has 0 saturated heterocycles. The van der Waals surface area contributed by atoms with Crippen molar-refractivity contribution in [2.24, 2.45) is 5.41 Å². The first-order chi connectivity index (χ1) is 8.05. The lowest BCUT2D eigenvalue weighted by Crippen LogP contribution is -2.41. The molecule has 0 amide bonds. The molecule has 0 radical (unpaired) electrons. The highest BCUT2D eigenvalue weighted by Gasteiger charge is 2.29. The Morgan fingerprint density at radius 3 is 1.94 bits per heavy atom. The molecule has 0 aliphatic heterocycles. The summed E-state index contributed by atoms with van der Waals surface area (Å²) in [6.07, 6.45) is 7.87. The van der Waals surface area contributed by atoms with E-state index in [-0.39, 0.29) is 0 Å². The van der Waals surface area contributed by atoms with Crippen LogP contribution in [-0.4, -0.2) is 29.9 Å². The predicted molar refractivity (Wildman–Crippen MR) is 83.0 cm³/mol. The van der Waals surface area contributed by atoms with Crippen LogP contribution in [0, 0.1) is 5.41 Å². The average Bonchev–Trinajstić information content (AvgIpc) is 2.29. The van der Waals surface area contributed by atoms with Crippen molar-refractivity contribution in [3.05, 3.63) is 0 Å². The van der Waals surface area contributed by atoms with E-state index in [0.29, 0.717) is 11.5 Å². The molecule has 0 saturated carbocycles. The van der Waals surface area contributed by atoms with Gasteiger partial charge in [-0.15, -0.1) is 0 Å². The van der Waals surface area contributed by atoms with Crippen LogP contribution in [0.25, 0.3) is 0 Å². The fraction of sp³-hybridized carbons (Fsp3) is 1.00. The Morgan fingerprint density at radius 1 is 1.06 bits per heavy atom. The predicted octanol–water partition coefficient (Wildman–Crippen LogP) is 5.09. The monoisotopic (exact) mass is 305 g/mol. The van der Waals surface area contributed by atoms with E-state index >= 15 is 0 Å². The highest BCUT2D eigenvalue weighted by atomic mass is 79.9. The molecule has 0 aromatic carbocycles. The molecule has 0 heterocycles. The van der Waals surface area contributed by atoms with Gasteiger partial charge in [0.25, 0.3) is 0 Å². The molecule has 0 aliphatic carbocycles. The number of hydrogen-bond acceptors (Lipinski definition) is 1. The molecule has 0 fully saturated rings. The second-order valence-electron chi connectivity index (χ2n) is 5.69. The van der Waals surface area contributed by atoms with Crippen LogP contribution in [0.15, 0.2) is 0 Å². The molecule has 2 heteroatoms. The molecule has 1 nitrogen and oxygen atoms in total. The van der Waals surface area contributed by atoms with Gasteiger partial charge in [-0.1, -0.05) is 56.0 Å². The third-order valence-corrected chi connectivity index (χ3v) is 5.08. The van der Waals surface area contributed by atoms with Gasteiger partial charge < -0.3 is 4.90 Å². The highest BCUT2D eigenvalue weighted by molar-refractivity contribution is 9.09. The molecular weight excluding hydrogens is 274 g/mol. The Balaban J connectivity index is 4.49. The maximum Gasteiger partial charge on any atom is 0.0100 e. The standard InChI is InChI=1S/C15H32BrN/c1-6-9-14(4)17(5)13-15(12-16,10-7-2)11-8-3/h14H,6-13H2,1-5H3. The van der Waals surface area contributed by atoms with Gasteiger partial charge in [-0.2, -0.15) is 0 Å². The van der Waals surface area contributed by atoms with E-state index in [2.05, 4.69) is 55.6 Å². The summed E-state index contributed by atoms with van der Waals surface area (Å²) in [5, 5.41) is 1.14. The molecule has 0 aromatic heterocycles. The molecule has 17 heavy (non-hydrogen) atoms. The van der Waals surface area contributed by atoms with E-state index in [0.717, 1.165) is 5.33 Å². The first kappa shape index (κ1) is 17.4. The van der Waals surface area contributed by atoms with Crippen molar-refractivity contribution in [2.45, 2.75) is 72.3 Å². The van der Waals surface area contributed by atoms with E-state index in [1.54, 1.807) is 0 Å². The lowest BCUT2D eigenvalue weighted by Gasteiger charge is -2.38. The maximum absolute atomic E-state index is 3.77. The number of alkyl halides is 1. The first-order valence-corrected chi connectivity index (χ1v) is 8.43. The van der Waals surface area contributed by atoms with Gasteiger partial charge in [-0.05, 0) is 38.6 Å². The summed E-state index contributed by atoms with van der Waals surface area (Å²) < 4.78 is 0. The summed E-state index contributed by atoms with van der Waals surface area (Å²) >= 11 is 3.77. The molecule has 1 unspecified atom stereocenters. The Bertz CT molecular complexity index is 176. The van der Waals surface area contributed by atoms with E-state index in [4.69, 9.17) is 0 Å². The summed E-state index contributed by atoms with van der Waals surface area (Å²) in [7, 11) is 2.29. The van der Waals surface area contributed by atoms with Crippen LogP contribution in [-0.2, 0) is 0 Å². The number of hydrogen-bond donors (Lipinski definition) is 0. The van der Waals surface area contributed by atoms with Crippen LogP contribution < -0.4 is 0 Å². The Labute approximate surface area is 117 Å². The van der Waals surface area contributed by atoms with Gasteiger partial charge in [0.1, 0.15) is 0 Å². The van der Waals surface area contributed by atoms with Gasteiger partial charge in [-0.3, -0.25) is 0 Å². The van der Waals surface area contributed by atoms with Crippen LogP contribution in [0.3, 0.4) is 0 Å². The Morgan fingerprint density at radius 2 is 1.59 bits per heavy atom. The summed E-state index contributed by atoms with van der Waals surface area (Å²) in [5.74, 6) is 0. The van der Waals surface area contributed by atoms with Crippen molar-refractivity contribution in [1.82, 2.24) is 4.90 Å². The quantitative estimate of drug-likeness (QED) is 0.508. The SMILES string of the molecule is CCCC(C)N(C)CC(CBr)(CCC)CCC. The molecule has 0 spiro atoms. The van der Waals surface area contributed by atoms with Crippen LogP contribution in [0.2, 0.25) is 0 Å².